The lowest BCUT2D eigenvalue weighted by atomic mass is 9.79. The number of hydrogen-bond donors (Lipinski definition) is 2. The van der Waals surface area contributed by atoms with Crippen LogP contribution < -0.4 is 5.43 Å². The second-order valence-electron chi connectivity index (χ2n) is 6.56. The number of allylic oxidation sites excluding steroid dienone is 2. The Morgan fingerprint density at radius 1 is 1.28 bits per heavy atom. The van der Waals surface area contributed by atoms with Crippen molar-refractivity contribution in [1.82, 2.24) is 0 Å². The Balaban J connectivity index is 2.29. The zero-order valence-electron chi connectivity index (χ0n) is 14.2. The van der Waals surface area contributed by atoms with Crippen LogP contribution in [0.4, 0.5) is 17.1 Å². The smallest absolute Gasteiger partial charge is 0.301 e. The van der Waals surface area contributed by atoms with Crippen molar-refractivity contribution in [3.8, 4) is 0 Å². The van der Waals surface area contributed by atoms with E-state index < -0.39 is 21.1 Å². The standard InChI is InChI=1S/C16H20N4O5/c1-10-4-5-11(16(2,3)21)8-14(10)18-17-13-7-6-12(19(22)23)9-15(13)20(24)25/h4,6-7,9,11,17,21H,5,8H2,1-3H3/b18-14-. The first-order valence-electron chi connectivity index (χ1n) is 7.74. The number of nitrogens with one attached hydrogen (secondary N) is 1. The van der Waals surface area contributed by atoms with Crippen LogP contribution in [0.3, 0.4) is 0 Å². The average Bonchev–Trinajstić information content (AvgIpc) is 2.52. The minimum absolute atomic E-state index is 0.0106. The second-order valence-corrected chi connectivity index (χ2v) is 6.56. The lowest BCUT2D eigenvalue weighted by Gasteiger charge is -2.32. The van der Waals surface area contributed by atoms with Gasteiger partial charge < -0.3 is 5.11 Å². The molecule has 1 aromatic carbocycles. The molecule has 0 radical (unpaired) electrons. The summed E-state index contributed by atoms with van der Waals surface area (Å²) in [6, 6.07) is 3.33. The van der Waals surface area contributed by atoms with Crippen LogP contribution in [0, 0.1) is 26.1 Å². The van der Waals surface area contributed by atoms with Gasteiger partial charge in [-0.25, -0.2) is 0 Å². The molecule has 2 rings (SSSR count). The van der Waals surface area contributed by atoms with Gasteiger partial charge in [0, 0.05) is 6.07 Å². The molecule has 0 amide bonds. The molecule has 2 N–H and O–H groups in total. The largest absolute Gasteiger partial charge is 0.390 e. The van der Waals surface area contributed by atoms with Gasteiger partial charge in [-0.2, -0.15) is 5.10 Å². The summed E-state index contributed by atoms with van der Waals surface area (Å²) in [4.78, 5) is 20.5. The Hall–Kier alpha value is -2.81. The Bertz CT molecular complexity index is 764. The van der Waals surface area contributed by atoms with E-state index in [9.17, 15) is 25.3 Å². The summed E-state index contributed by atoms with van der Waals surface area (Å²) in [5.41, 5.74) is 2.67. The third-order valence-corrected chi connectivity index (χ3v) is 4.30. The maximum absolute atomic E-state index is 11.1. The first-order valence-corrected chi connectivity index (χ1v) is 7.74. The number of nitro groups is 2. The molecule has 0 bridgehead atoms. The highest BCUT2D eigenvalue weighted by Gasteiger charge is 2.30. The quantitative estimate of drug-likeness (QED) is 0.619. The van der Waals surface area contributed by atoms with Crippen LogP contribution in [-0.4, -0.2) is 26.3 Å². The van der Waals surface area contributed by atoms with Gasteiger partial charge in [0.1, 0.15) is 5.69 Å². The Morgan fingerprint density at radius 2 is 1.96 bits per heavy atom. The molecule has 0 heterocycles. The van der Waals surface area contributed by atoms with Crippen LogP contribution in [0.5, 0.6) is 0 Å². The van der Waals surface area contributed by atoms with E-state index in [1.54, 1.807) is 13.8 Å². The van der Waals surface area contributed by atoms with E-state index in [1.165, 1.54) is 12.1 Å². The first kappa shape index (κ1) is 18.5. The molecule has 1 aromatic rings. The molecule has 9 heteroatoms. The molecular weight excluding hydrogens is 328 g/mol. The highest BCUT2D eigenvalue weighted by atomic mass is 16.6. The predicted octanol–water partition coefficient (Wildman–Crippen LogP) is 3.40. The topological polar surface area (TPSA) is 131 Å². The number of benzene rings is 1. The highest BCUT2D eigenvalue weighted by Crippen LogP contribution is 2.32. The minimum Gasteiger partial charge on any atom is -0.390 e. The fourth-order valence-electron chi connectivity index (χ4n) is 2.59. The van der Waals surface area contributed by atoms with Crippen molar-refractivity contribution >= 4 is 22.8 Å². The van der Waals surface area contributed by atoms with Crippen molar-refractivity contribution in [2.24, 2.45) is 11.0 Å². The normalized spacial score (nSPS) is 19.4. The number of hydrazone groups is 1. The monoisotopic (exact) mass is 348 g/mol. The fourth-order valence-corrected chi connectivity index (χ4v) is 2.59. The number of aliphatic hydroxyl groups is 1. The molecule has 9 nitrogen and oxygen atoms in total. The van der Waals surface area contributed by atoms with E-state index in [0.717, 1.165) is 18.1 Å². The summed E-state index contributed by atoms with van der Waals surface area (Å²) < 4.78 is 0. The van der Waals surface area contributed by atoms with Crippen molar-refractivity contribution in [2.45, 2.75) is 39.2 Å². The predicted molar refractivity (Wildman–Crippen MR) is 93.6 cm³/mol. The molecule has 0 saturated carbocycles. The van der Waals surface area contributed by atoms with Crippen molar-refractivity contribution in [3.63, 3.8) is 0 Å². The molecule has 1 atom stereocenters. The van der Waals surface area contributed by atoms with Crippen molar-refractivity contribution < 1.29 is 15.0 Å². The van der Waals surface area contributed by atoms with E-state index in [2.05, 4.69) is 10.5 Å². The summed E-state index contributed by atoms with van der Waals surface area (Å²) >= 11 is 0. The van der Waals surface area contributed by atoms with Crippen LogP contribution in [0.25, 0.3) is 0 Å². The van der Waals surface area contributed by atoms with Gasteiger partial charge in [-0.05, 0) is 51.2 Å². The van der Waals surface area contributed by atoms with Gasteiger partial charge in [0.25, 0.3) is 5.69 Å². The van der Waals surface area contributed by atoms with Crippen LogP contribution >= 0.6 is 0 Å². The van der Waals surface area contributed by atoms with E-state index in [0.29, 0.717) is 12.1 Å². The van der Waals surface area contributed by atoms with Crippen molar-refractivity contribution in [3.05, 3.63) is 50.1 Å². The third kappa shape index (κ3) is 4.38. The summed E-state index contributed by atoms with van der Waals surface area (Å²) in [5, 5.41) is 36.3. The number of non-ortho nitro benzene ring substituents is 1. The molecule has 0 spiro atoms. The zero-order valence-corrected chi connectivity index (χ0v) is 14.2. The molecule has 1 unspecified atom stereocenters. The van der Waals surface area contributed by atoms with Gasteiger partial charge in [0.2, 0.25) is 0 Å². The Morgan fingerprint density at radius 3 is 2.52 bits per heavy atom. The Kier molecular flexibility index (Phi) is 5.17. The van der Waals surface area contributed by atoms with E-state index in [1.807, 2.05) is 13.0 Å². The molecule has 0 aliphatic heterocycles. The maximum Gasteiger partial charge on any atom is 0.301 e. The van der Waals surface area contributed by atoms with E-state index in [-0.39, 0.29) is 17.3 Å². The van der Waals surface area contributed by atoms with Gasteiger partial charge in [-0.3, -0.25) is 25.7 Å². The molecule has 0 aromatic heterocycles. The Labute approximate surface area is 144 Å². The summed E-state index contributed by atoms with van der Waals surface area (Å²) in [5.74, 6) is -0.0106. The van der Waals surface area contributed by atoms with Crippen LogP contribution in [0.2, 0.25) is 0 Å². The highest BCUT2D eigenvalue weighted by molar-refractivity contribution is 6.01. The zero-order chi connectivity index (χ0) is 18.8. The molecule has 0 fully saturated rings. The van der Waals surface area contributed by atoms with Crippen molar-refractivity contribution in [1.29, 1.82) is 0 Å². The first-order chi connectivity index (χ1) is 11.6. The van der Waals surface area contributed by atoms with Crippen LogP contribution in [-0.2, 0) is 0 Å². The molecule has 1 aliphatic carbocycles. The van der Waals surface area contributed by atoms with Gasteiger partial charge >= 0.3 is 5.69 Å². The number of anilines is 1. The lowest BCUT2D eigenvalue weighted by molar-refractivity contribution is -0.393. The van der Waals surface area contributed by atoms with Crippen LogP contribution in [0.1, 0.15) is 33.6 Å². The van der Waals surface area contributed by atoms with E-state index >= 15 is 0 Å². The maximum atomic E-state index is 11.1. The molecule has 1 aliphatic rings. The van der Waals surface area contributed by atoms with E-state index in [4.69, 9.17) is 0 Å². The minimum atomic E-state index is -0.864. The van der Waals surface area contributed by atoms with Gasteiger partial charge in [-0.1, -0.05) is 6.08 Å². The van der Waals surface area contributed by atoms with Gasteiger partial charge in [-0.15, -0.1) is 0 Å². The van der Waals surface area contributed by atoms with Crippen LogP contribution in [0.15, 0.2) is 34.9 Å². The number of hydrogen-bond acceptors (Lipinski definition) is 7. The van der Waals surface area contributed by atoms with Gasteiger partial charge in [0.05, 0.1) is 27.2 Å². The lowest BCUT2D eigenvalue weighted by Crippen LogP contribution is -2.34. The third-order valence-electron chi connectivity index (χ3n) is 4.30. The summed E-state index contributed by atoms with van der Waals surface area (Å²) in [7, 11) is 0. The fraction of sp³-hybridized carbons (Fsp3) is 0.438. The van der Waals surface area contributed by atoms with Gasteiger partial charge in [0.15, 0.2) is 0 Å². The SMILES string of the molecule is CC1=CCC(C(C)(C)O)C/C1=N/Nc1ccc([N+](=O)[O-])cc1[N+](=O)[O-]. The molecule has 25 heavy (non-hydrogen) atoms. The molecule has 0 saturated heterocycles. The summed E-state index contributed by atoms with van der Waals surface area (Å²) in [6.45, 7) is 5.35. The van der Waals surface area contributed by atoms with Crippen molar-refractivity contribution in [2.75, 3.05) is 5.43 Å². The molecular formula is C16H20N4O5. The number of nitrogens with zero attached hydrogens (tertiary/aromatic N) is 3. The second kappa shape index (κ2) is 6.98. The number of nitro benzene ring substituents is 2. The molecule has 134 valence electrons. The number of rotatable bonds is 5. The summed E-state index contributed by atoms with van der Waals surface area (Å²) in [6.07, 6.45) is 3.22. The average molecular weight is 348 g/mol.